The van der Waals surface area contributed by atoms with E-state index in [-0.39, 0.29) is 6.10 Å². The second-order valence-corrected chi connectivity index (χ2v) is 5.07. The van der Waals surface area contributed by atoms with Gasteiger partial charge in [-0.05, 0) is 37.0 Å². The Hall–Kier alpha value is -1.22. The minimum absolute atomic E-state index is 0.0870. The standard InChI is InChI=1S/C13H18N2O/c14-10-2-1-3-11(6-10)15-7-9-4-5-13(16)12(9)8-15/h1-3,6,9,12-13,16H,4-5,7-8,14H2. The van der Waals surface area contributed by atoms with Gasteiger partial charge in [0.2, 0.25) is 0 Å². The van der Waals surface area contributed by atoms with Gasteiger partial charge in [-0.2, -0.15) is 0 Å². The van der Waals surface area contributed by atoms with Crippen molar-refractivity contribution in [1.29, 1.82) is 0 Å². The van der Waals surface area contributed by atoms with E-state index in [1.54, 1.807) is 0 Å². The fourth-order valence-electron chi connectivity index (χ4n) is 3.17. The first kappa shape index (κ1) is 9.97. The van der Waals surface area contributed by atoms with E-state index in [0.717, 1.165) is 25.2 Å². The molecule has 16 heavy (non-hydrogen) atoms. The van der Waals surface area contributed by atoms with Crippen LogP contribution in [-0.4, -0.2) is 24.3 Å². The second kappa shape index (κ2) is 3.67. The van der Waals surface area contributed by atoms with Gasteiger partial charge >= 0.3 is 0 Å². The van der Waals surface area contributed by atoms with Gasteiger partial charge in [-0.15, -0.1) is 0 Å². The zero-order valence-corrected chi connectivity index (χ0v) is 9.34. The van der Waals surface area contributed by atoms with Crippen LogP contribution in [0.4, 0.5) is 11.4 Å². The average molecular weight is 218 g/mol. The molecule has 1 aliphatic carbocycles. The zero-order chi connectivity index (χ0) is 11.1. The maximum Gasteiger partial charge on any atom is 0.0588 e. The Morgan fingerprint density at radius 2 is 2.12 bits per heavy atom. The van der Waals surface area contributed by atoms with Crippen molar-refractivity contribution in [2.24, 2.45) is 11.8 Å². The van der Waals surface area contributed by atoms with Crippen LogP contribution in [0, 0.1) is 11.8 Å². The summed E-state index contributed by atoms with van der Waals surface area (Å²) in [5.74, 6) is 1.15. The molecule has 3 nitrogen and oxygen atoms in total. The highest BCUT2D eigenvalue weighted by molar-refractivity contribution is 5.56. The van der Waals surface area contributed by atoms with E-state index < -0.39 is 0 Å². The van der Waals surface area contributed by atoms with Crippen LogP contribution in [0.2, 0.25) is 0 Å². The van der Waals surface area contributed by atoms with Crippen molar-refractivity contribution >= 4 is 11.4 Å². The maximum atomic E-state index is 9.87. The maximum absolute atomic E-state index is 9.87. The van der Waals surface area contributed by atoms with Crippen molar-refractivity contribution in [3.63, 3.8) is 0 Å². The van der Waals surface area contributed by atoms with Gasteiger partial charge in [0.25, 0.3) is 0 Å². The number of benzene rings is 1. The molecule has 1 saturated heterocycles. The van der Waals surface area contributed by atoms with Gasteiger partial charge in [0, 0.05) is 30.4 Å². The van der Waals surface area contributed by atoms with E-state index in [9.17, 15) is 5.11 Å². The van der Waals surface area contributed by atoms with Gasteiger partial charge in [-0.25, -0.2) is 0 Å². The summed E-state index contributed by atoms with van der Waals surface area (Å²) in [7, 11) is 0. The average Bonchev–Trinajstić information content (AvgIpc) is 2.81. The lowest BCUT2D eigenvalue weighted by molar-refractivity contribution is 0.133. The molecule has 2 fully saturated rings. The van der Waals surface area contributed by atoms with Crippen molar-refractivity contribution in [2.75, 3.05) is 23.7 Å². The summed E-state index contributed by atoms with van der Waals surface area (Å²) in [6.07, 6.45) is 2.07. The van der Waals surface area contributed by atoms with Crippen molar-refractivity contribution in [3.05, 3.63) is 24.3 Å². The summed E-state index contributed by atoms with van der Waals surface area (Å²) in [5, 5.41) is 9.87. The third-order valence-electron chi connectivity index (χ3n) is 4.05. The molecule has 2 aliphatic rings. The van der Waals surface area contributed by atoms with Crippen molar-refractivity contribution in [2.45, 2.75) is 18.9 Å². The Bertz CT molecular complexity index is 393. The van der Waals surface area contributed by atoms with E-state index in [2.05, 4.69) is 11.0 Å². The number of aliphatic hydroxyl groups is 1. The molecule has 86 valence electrons. The lowest BCUT2D eigenvalue weighted by Gasteiger charge is -2.20. The van der Waals surface area contributed by atoms with Gasteiger partial charge in [0.05, 0.1) is 6.10 Å². The highest BCUT2D eigenvalue weighted by Crippen LogP contribution is 2.39. The third-order valence-corrected chi connectivity index (χ3v) is 4.05. The summed E-state index contributed by atoms with van der Waals surface area (Å²) in [4.78, 5) is 2.36. The molecule has 3 atom stereocenters. The number of hydrogen-bond donors (Lipinski definition) is 2. The largest absolute Gasteiger partial charge is 0.399 e. The summed E-state index contributed by atoms with van der Waals surface area (Å²) in [5.41, 5.74) is 7.80. The van der Waals surface area contributed by atoms with Crippen LogP contribution in [0.1, 0.15) is 12.8 Å². The molecule has 1 aliphatic heterocycles. The Labute approximate surface area is 95.9 Å². The molecule has 3 heteroatoms. The fraction of sp³-hybridized carbons (Fsp3) is 0.538. The van der Waals surface area contributed by atoms with Crippen LogP contribution in [0.15, 0.2) is 24.3 Å². The first-order valence-corrected chi connectivity index (χ1v) is 6.02. The van der Waals surface area contributed by atoms with E-state index >= 15 is 0 Å². The van der Waals surface area contributed by atoms with Gasteiger partial charge < -0.3 is 15.7 Å². The predicted octanol–water partition coefficient (Wildman–Crippen LogP) is 1.48. The van der Waals surface area contributed by atoms with Crippen LogP contribution >= 0.6 is 0 Å². The first-order valence-electron chi connectivity index (χ1n) is 6.02. The molecular formula is C13H18N2O. The highest BCUT2D eigenvalue weighted by atomic mass is 16.3. The van der Waals surface area contributed by atoms with Crippen LogP contribution in [0.5, 0.6) is 0 Å². The molecule has 0 aromatic heterocycles. The summed E-state index contributed by atoms with van der Waals surface area (Å²) < 4.78 is 0. The molecule has 1 aromatic rings. The Morgan fingerprint density at radius 1 is 1.25 bits per heavy atom. The third kappa shape index (κ3) is 1.55. The number of anilines is 2. The lowest BCUT2D eigenvalue weighted by atomic mass is 10.00. The summed E-state index contributed by atoms with van der Waals surface area (Å²) in [6, 6.07) is 8.03. The van der Waals surface area contributed by atoms with Gasteiger partial charge in [-0.1, -0.05) is 6.07 Å². The molecule has 0 radical (unpaired) electrons. The monoisotopic (exact) mass is 218 g/mol. The van der Waals surface area contributed by atoms with Gasteiger partial charge in [0.1, 0.15) is 0 Å². The number of nitrogen functional groups attached to an aromatic ring is 1. The minimum atomic E-state index is -0.0870. The number of nitrogens with zero attached hydrogens (tertiary/aromatic N) is 1. The number of rotatable bonds is 1. The number of hydrogen-bond acceptors (Lipinski definition) is 3. The van der Waals surface area contributed by atoms with Crippen molar-refractivity contribution in [1.82, 2.24) is 0 Å². The lowest BCUT2D eigenvalue weighted by Crippen LogP contribution is -2.24. The molecule has 3 N–H and O–H groups in total. The van der Waals surface area contributed by atoms with E-state index in [4.69, 9.17) is 5.73 Å². The van der Waals surface area contributed by atoms with E-state index in [1.807, 2.05) is 18.2 Å². The first-order chi connectivity index (χ1) is 7.74. The molecule has 3 unspecified atom stereocenters. The minimum Gasteiger partial charge on any atom is -0.399 e. The summed E-state index contributed by atoms with van der Waals surface area (Å²) >= 11 is 0. The fourth-order valence-corrected chi connectivity index (χ4v) is 3.17. The topological polar surface area (TPSA) is 49.5 Å². The molecule has 1 heterocycles. The molecule has 1 saturated carbocycles. The van der Waals surface area contributed by atoms with Crippen molar-refractivity contribution in [3.8, 4) is 0 Å². The predicted molar refractivity (Wildman–Crippen MR) is 65.3 cm³/mol. The number of aliphatic hydroxyl groups excluding tert-OH is 1. The molecular weight excluding hydrogens is 200 g/mol. The van der Waals surface area contributed by atoms with Crippen LogP contribution in [0.3, 0.4) is 0 Å². The number of nitrogens with two attached hydrogens (primary N) is 1. The van der Waals surface area contributed by atoms with Crippen molar-refractivity contribution < 1.29 is 5.11 Å². The Balaban J connectivity index is 1.79. The van der Waals surface area contributed by atoms with Crippen LogP contribution in [-0.2, 0) is 0 Å². The SMILES string of the molecule is Nc1cccc(N2CC3CCC(O)C3C2)c1. The Kier molecular flexibility index (Phi) is 2.28. The van der Waals surface area contributed by atoms with Gasteiger partial charge in [0.15, 0.2) is 0 Å². The normalized spacial score (nSPS) is 33.1. The van der Waals surface area contributed by atoms with E-state index in [0.29, 0.717) is 11.8 Å². The Morgan fingerprint density at radius 3 is 2.88 bits per heavy atom. The smallest absolute Gasteiger partial charge is 0.0588 e. The van der Waals surface area contributed by atoms with Gasteiger partial charge in [-0.3, -0.25) is 0 Å². The van der Waals surface area contributed by atoms with Crippen LogP contribution < -0.4 is 10.6 Å². The number of fused-ring (bicyclic) bond motifs is 1. The molecule has 1 aromatic carbocycles. The highest BCUT2D eigenvalue weighted by Gasteiger charge is 2.41. The molecule has 0 spiro atoms. The molecule has 0 bridgehead atoms. The zero-order valence-electron chi connectivity index (χ0n) is 9.34. The summed E-state index contributed by atoms with van der Waals surface area (Å²) in [6.45, 7) is 2.06. The quantitative estimate of drug-likeness (QED) is 0.702. The van der Waals surface area contributed by atoms with Crippen LogP contribution in [0.25, 0.3) is 0 Å². The second-order valence-electron chi connectivity index (χ2n) is 5.07. The molecule has 0 amide bonds. The molecule has 3 rings (SSSR count). The van der Waals surface area contributed by atoms with E-state index in [1.165, 1.54) is 12.1 Å².